The Bertz CT molecular complexity index is 1280. The Hall–Kier alpha value is -3.78. The van der Waals surface area contributed by atoms with Crippen LogP contribution in [-0.4, -0.2) is 31.4 Å². The van der Waals surface area contributed by atoms with Crippen LogP contribution in [0.3, 0.4) is 0 Å². The minimum atomic E-state index is 0.726. The van der Waals surface area contributed by atoms with E-state index >= 15 is 0 Å². The van der Waals surface area contributed by atoms with Crippen molar-refractivity contribution in [2.75, 3.05) is 12.4 Å². The molecule has 0 aromatic carbocycles. The first kappa shape index (κ1) is 27.5. The van der Waals surface area contributed by atoms with Gasteiger partial charge in [0.2, 0.25) is 5.78 Å². The van der Waals surface area contributed by atoms with E-state index in [4.69, 9.17) is 4.42 Å². The van der Waals surface area contributed by atoms with Gasteiger partial charge in [-0.15, -0.1) is 11.3 Å². The molecule has 6 rings (SSSR count). The minimum Gasteiger partial charge on any atom is -0.460 e. The van der Waals surface area contributed by atoms with Gasteiger partial charge in [0.25, 0.3) is 0 Å². The molecule has 0 aliphatic rings. The predicted molar refractivity (Wildman–Crippen MR) is 148 cm³/mol. The summed E-state index contributed by atoms with van der Waals surface area (Å²) in [5.74, 6) is 1.66. The van der Waals surface area contributed by atoms with Crippen molar-refractivity contribution >= 4 is 43.9 Å². The van der Waals surface area contributed by atoms with Crippen molar-refractivity contribution < 1.29 is 4.42 Å². The lowest BCUT2D eigenvalue weighted by atomic mass is 10.3. The van der Waals surface area contributed by atoms with Gasteiger partial charge in [0.1, 0.15) is 5.76 Å². The van der Waals surface area contributed by atoms with E-state index in [1.165, 1.54) is 15.0 Å². The Balaban J connectivity index is 0.000000173. The summed E-state index contributed by atoms with van der Waals surface area (Å²) in [4.78, 5) is 17.4. The lowest BCUT2D eigenvalue weighted by Gasteiger charge is -1.98. The molecule has 0 unspecified atom stereocenters. The number of imidazole rings is 1. The highest BCUT2D eigenvalue weighted by Gasteiger charge is 1.97. The lowest BCUT2D eigenvalue weighted by molar-refractivity contribution is 0.577. The maximum Gasteiger partial charge on any atom is 0.233 e. The van der Waals surface area contributed by atoms with Gasteiger partial charge in [-0.05, 0) is 43.5 Å². The average molecular weight is 491 g/mol. The van der Waals surface area contributed by atoms with Crippen LogP contribution in [0.25, 0.3) is 26.8 Å². The molecule has 0 aliphatic carbocycles. The Morgan fingerprint density at radius 3 is 2.26 bits per heavy atom. The highest BCUT2D eigenvalue weighted by molar-refractivity contribution is 7.18. The second-order valence-corrected chi connectivity index (χ2v) is 8.06. The maximum absolute atomic E-state index is 5.31. The maximum atomic E-state index is 5.31. The minimum absolute atomic E-state index is 0.726. The number of fused-ring (bicyclic) bond motifs is 3. The summed E-state index contributed by atoms with van der Waals surface area (Å²) in [7, 11) is 1.86. The third-order valence-electron chi connectivity index (χ3n) is 4.43. The first-order valence-corrected chi connectivity index (χ1v) is 12.5. The SMILES string of the molecule is CC.CC.CNc1cnc2nccn2c1.Cc1cc2ccncc2o1.Cc1cc2ccncc2s1. The molecule has 0 aliphatic heterocycles. The van der Waals surface area contributed by atoms with Gasteiger partial charge in [0.05, 0.1) is 22.8 Å². The molecule has 0 saturated carbocycles. The van der Waals surface area contributed by atoms with Gasteiger partial charge in [0, 0.05) is 54.5 Å². The molecule has 0 spiro atoms. The first-order valence-electron chi connectivity index (χ1n) is 11.7. The molecule has 0 amide bonds. The summed E-state index contributed by atoms with van der Waals surface area (Å²) in [5, 5.41) is 5.42. The largest absolute Gasteiger partial charge is 0.460 e. The third-order valence-corrected chi connectivity index (χ3v) is 5.43. The number of aromatic nitrogens is 5. The summed E-state index contributed by atoms with van der Waals surface area (Å²) in [6.45, 7) is 12.0. The number of hydrogen-bond acceptors (Lipinski definition) is 7. The van der Waals surface area contributed by atoms with Crippen molar-refractivity contribution in [2.45, 2.75) is 41.5 Å². The van der Waals surface area contributed by atoms with Crippen molar-refractivity contribution in [3.05, 3.63) is 84.5 Å². The van der Waals surface area contributed by atoms with Crippen molar-refractivity contribution in [1.29, 1.82) is 0 Å². The van der Waals surface area contributed by atoms with E-state index in [1.54, 1.807) is 36.1 Å². The summed E-state index contributed by atoms with van der Waals surface area (Å²) >= 11 is 1.79. The highest BCUT2D eigenvalue weighted by atomic mass is 32.1. The zero-order valence-electron chi connectivity index (χ0n) is 21.5. The molecule has 8 heteroatoms. The molecule has 0 fully saturated rings. The smallest absolute Gasteiger partial charge is 0.233 e. The summed E-state index contributed by atoms with van der Waals surface area (Å²) in [6.07, 6.45) is 14.5. The van der Waals surface area contributed by atoms with E-state index in [-0.39, 0.29) is 0 Å². The fourth-order valence-electron chi connectivity index (χ4n) is 2.98. The molecule has 35 heavy (non-hydrogen) atoms. The normalized spacial score (nSPS) is 9.57. The monoisotopic (exact) mass is 490 g/mol. The number of nitrogens with zero attached hydrogens (tertiary/aromatic N) is 5. The van der Waals surface area contributed by atoms with Crippen LogP contribution in [0.2, 0.25) is 0 Å². The molecule has 7 nitrogen and oxygen atoms in total. The van der Waals surface area contributed by atoms with Crippen molar-refractivity contribution in [3.8, 4) is 0 Å². The molecule has 0 radical (unpaired) electrons. The second-order valence-electron chi connectivity index (χ2n) is 6.77. The Morgan fingerprint density at radius 1 is 0.857 bits per heavy atom. The van der Waals surface area contributed by atoms with Crippen molar-refractivity contribution in [3.63, 3.8) is 0 Å². The number of thiophene rings is 1. The molecule has 6 heterocycles. The quantitative estimate of drug-likeness (QED) is 0.256. The number of anilines is 1. The van der Waals surface area contributed by atoms with E-state index < -0.39 is 0 Å². The number of rotatable bonds is 1. The Kier molecular flexibility index (Phi) is 11.4. The molecule has 0 saturated heterocycles. The molecule has 184 valence electrons. The van der Waals surface area contributed by atoms with E-state index in [2.05, 4.69) is 38.2 Å². The van der Waals surface area contributed by atoms with Gasteiger partial charge in [-0.1, -0.05) is 27.7 Å². The molecule has 0 atom stereocenters. The number of furan rings is 1. The average Bonchev–Trinajstić information content (AvgIpc) is 3.63. The highest BCUT2D eigenvalue weighted by Crippen LogP contribution is 2.22. The number of aryl methyl sites for hydroxylation is 2. The van der Waals surface area contributed by atoms with Crippen LogP contribution in [0.5, 0.6) is 0 Å². The van der Waals surface area contributed by atoms with Gasteiger partial charge in [-0.3, -0.25) is 14.4 Å². The topological polar surface area (TPSA) is 81.1 Å². The molecule has 0 bridgehead atoms. The van der Waals surface area contributed by atoms with Gasteiger partial charge >= 0.3 is 0 Å². The fourth-order valence-corrected chi connectivity index (χ4v) is 3.87. The summed E-state index contributed by atoms with van der Waals surface area (Å²) in [5.41, 5.74) is 1.84. The van der Waals surface area contributed by atoms with Crippen LogP contribution in [0.1, 0.15) is 38.3 Å². The Labute approximate surface area is 210 Å². The fraction of sp³-hybridized carbons (Fsp3) is 0.259. The van der Waals surface area contributed by atoms with Gasteiger partial charge in [-0.2, -0.15) is 0 Å². The van der Waals surface area contributed by atoms with Crippen molar-refractivity contribution in [1.82, 2.24) is 24.3 Å². The summed E-state index contributed by atoms with van der Waals surface area (Å²) < 4.78 is 8.45. The van der Waals surface area contributed by atoms with Crippen LogP contribution in [0.15, 0.2) is 78.3 Å². The van der Waals surface area contributed by atoms with Crippen LogP contribution in [0.4, 0.5) is 5.69 Å². The number of nitrogens with one attached hydrogen (secondary N) is 1. The zero-order chi connectivity index (χ0) is 25.6. The van der Waals surface area contributed by atoms with E-state index in [9.17, 15) is 0 Å². The zero-order valence-corrected chi connectivity index (χ0v) is 22.3. The lowest BCUT2D eigenvalue weighted by Crippen LogP contribution is -1.93. The van der Waals surface area contributed by atoms with E-state index in [0.29, 0.717) is 0 Å². The van der Waals surface area contributed by atoms with Gasteiger partial charge in [0.15, 0.2) is 5.58 Å². The van der Waals surface area contributed by atoms with E-state index in [0.717, 1.165) is 28.2 Å². The summed E-state index contributed by atoms with van der Waals surface area (Å²) in [6, 6.07) is 8.16. The number of pyridine rings is 2. The van der Waals surface area contributed by atoms with Crippen LogP contribution in [0, 0.1) is 13.8 Å². The molecule has 6 aromatic heterocycles. The standard InChI is InChI=1S/C8H7NO.C8H7NS.C7H8N4.2C2H6/c2*1-6-4-7-2-3-9-5-8(7)10-6;1-8-6-4-10-7-9-2-3-11(7)5-6;2*1-2/h2*2-5H,1H3;2-5,8H,1H3;2*1-2H3. The van der Waals surface area contributed by atoms with Gasteiger partial charge < -0.3 is 9.73 Å². The first-order chi connectivity index (χ1) is 17.1. The van der Waals surface area contributed by atoms with Crippen LogP contribution < -0.4 is 5.32 Å². The molecule has 6 aromatic rings. The molecule has 1 N–H and O–H groups in total. The van der Waals surface area contributed by atoms with Crippen LogP contribution >= 0.6 is 11.3 Å². The predicted octanol–water partition coefficient (Wildman–Crippen LogP) is 7.56. The van der Waals surface area contributed by atoms with Gasteiger partial charge in [-0.25, -0.2) is 9.97 Å². The number of hydrogen-bond donors (Lipinski definition) is 1. The second kappa shape index (κ2) is 14.5. The molecular weight excluding hydrogens is 456 g/mol. The molecular formula is C27H34N6OS. The Morgan fingerprint density at radius 2 is 1.57 bits per heavy atom. The van der Waals surface area contributed by atoms with E-state index in [1.807, 2.05) is 89.1 Å². The third kappa shape index (κ3) is 7.89. The van der Waals surface area contributed by atoms with Crippen molar-refractivity contribution in [2.24, 2.45) is 0 Å². The van der Waals surface area contributed by atoms with Crippen LogP contribution in [-0.2, 0) is 0 Å².